The highest BCUT2D eigenvalue weighted by Crippen LogP contribution is 2.40. The van der Waals surface area contributed by atoms with E-state index in [0.29, 0.717) is 23.6 Å². The minimum absolute atomic E-state index is 0.256. The zero-order chi connectivity index (χ0) is 18.8. The first kappa shape index (κ1) is 20.2. The third-order valence-corrected chi connectivity index (χ3v) is 5.13. The second-order valence-corrected chi connectivity index (χ2v) is 6.85. The highest BCUT2D eigenvalue weighted by atomic mass is 19.1. The normalized spacial score (nSPS) is 16.3. The van der Waals surface area contributed by atoms with E-state index in [0.717, 1.165) is 26.2 Å². The summed E-state index contributed by atoms with van der Waals surface area (Å²) in [6.45, 7) is 4.73. The lowest BCUT2D eigenvalue weighted by Crippen LogP contribution is -2.43. The van der Waals surface area contributed by atoms with Crippen LogP contribution in [0.25, 0.3) is 0 Å². The van der Waals surface area contributed by atoms with Gasteiger partial charge in [-0.05, 0) is 43.7 Å². The molecule has 142 valence electrons. The van der Waals surface area contributed by atoms with Crippen LogP contribution in [0.3, 0.4) is 0 Å². The lowest BCUT2D eigenvalue weighted by molar-refractivity contribution is 0.105. The summed E-state index contributed by atoms with van der Waals surface area (Å²) in [7, 11) is 1.71. The number of hydrogen-bond acceptors (Lipinski definition) is 3. The molecule has 1 aliphatic carbocycles. The smallest absolute Gasteiger partial charge is 0.191 e. The highest BCUT2D eigenvalue weighted by Gasteiger charge is 2.33. The van der Waals surface area contributed by atoms with Gasteiger partial charge in [0.05, 0.1) is 11.6 Å². The molecule has 2 N–H and O–H groups in total. The Hall–Kier alpha value is -2.13. The van der Waals surface area contributed by atoms with Crippen LogP contribution in [-0.4, -0.2) is 32.8 Å². The van der Waals surface area contributed by atoms with E-state index in [1.54, 1.807) is 19.2 Å². The lowest BCUT2D eigenvalue weighted by Gasteiger charge is -2.30. The molecular weight excluding hydrogens is 331 g/mol. The number of halogens is 1. The fraction of sp³-hybridized carbons (Fsp3) is 0.600. The lowest BCUT2D eigenvalue weighted by atomic mass is 9.83. The Labute approximate surface area is 155 Å². The van der Waals surface area contributed by atoms with E-state index in [1.807, 2.05) is 13.0 Å². The molecule has 1 aromatic carbocycles. The van der Waals surface area contributed by atoms with Crippen molar-refractivity contribution in [2.24, 2.45) is 10.4 Å². The SMILES string of the molecule is CCOCCC1(CNC(=NC)NCc2ccc(C#N)cc2F)CCCC1. The standard InChI is InChI=1S/C20H29FN4O/c1-3-26-11-10-20(8-4-5-9-20)15-25-19(23-2)24-14-17-7-6-16(13-22)12-18(17)21/h6-7,12H,3-5,8-11,14-15H2,1-2H3,(H2,23,24,25). The number of benzene rings is 1. The number of rotatable bonds is 8. The van der Waals surface area contributed by atoms with Crippen LogP contribution in [-0.2, 0) is 11.3 Å². The van der Waals surface area contributed by atoms with Gasteiger partial charge in [0.15, 0.2) is 5.96 Å². The molecule has 0 atom stereocenters. The van der Waals surface area contributed by atoms with E-state index in [-0.39, 0.29) is 11.2 Å². The maximum atomic E-state index is 14.0. The number of hydrogen-bond donors (Lipinski definition) is 2. The maximum absolute atomic E-state index is 14.0. The van der Waals surface area contributed by atoms with Crippen LogP contribution in [0.4, 0.5) is 4.39 Å². The summed E-state index contributed by atoms with van der Waals surface area (Å²) in [5.74, 6) is 0.285. The zero-order valence-corrected chi connectivity index (χ0v) is 15.8. The van der Waals surface area contributed by atoms with Crippen LogP contribution in [0, 0.1) is 22.6 Å². The molecule has 0 amide bonds. The third kappa shape index (κ3) is 5.70. The quantitative estimate of drug-likeness (QED) is 0.424. The van der Waals surface area contributed by atoms with Crippen molar-refractivity contribution < 1.29 is 9.13 Å². The molecule has 1 aromatic rings. The molecule has 0 aromatic heterocycles. The van der Waals surface area contributed by atoms with Crippen molar-refractivity contribution in [2.75, 3.05) is 26.8 Å². The molecule has 5 nitrogen and oxygen atoms in total. The van der Waals surface area contributed by atoms with Gasteiger partial charge in [0, 0.05) is 38.9 Å². The van der Waals surface area contributed by atoms with E-state index in [4.69, 9.17) is 10.00 Å². The molecule has 0 spiro atoms. The monoisotopic (exact) mass is 360 g/mol. The van der Waals surface area contributed by atoms with Crippen LogP contribution >= 0.6 is 0 Å². The van der Waals surface area contributed by atoms with Crippen molar-refractivity contribution in [2.45, 2.75) is 45.6 Å². The summed E-state index contributed by atoms with van der Waals surface area (Å²) in [5.41, 5.74) is 1.09. The first-order valence-electron chi connectivity index (χ1n) is 9.33. The second-order valence-electron chi connectivity index (χ2n) is 6.85. The molecule has 1 fully saturated rings. The fourth-order valence-electron chi connectivity index (χ4n) is 3.50. The van der Waals surface area contributed by atoms with Crippen molar-refractivity contribution in [1.82, 2.24) is 10.6 Å². The molecule has 0 saturated heterocycles. The number of guanidine groups is 1. The third-order valence-electron chi connectivity index (χ3n) is 5.13. The van der Waals surface area contributed by atoms with Crippen molar-refractivity contribution in [3.05, 3.63) is 35.1 Å². The van der Waals surface area contributed by atoms with Gasteiger partial charge in [-0.2, -0.15) is 5.26 Å². The predicted molar refractivity (Wildman–Crippen MR) is 101 cm³/mol. The predicted octanol–water partition coefficient (Wildman–Crippen LogP) is 3.35. The van der Waals surface area contributed by atoms with Crippen molar-refractivity contribution in [3.8, 4) is 6.07 Å². The van der Waals surface area contributed by atoms with Crippen LogP contribution in [0.2, 0.25) is 0 Å². The van der Waals surface area contributed by atoms with Crippen molar-refractivity contribution >= 4 is 5.96 Å². The molecule has 0 heterocycles. The van der Waals surface area contributed by atoms with Gasteiger partial charge >= 0.3 is 0 Å². The molecule has 26 heavy (non-hydrogen) atoms. The number of nitrogens with one attached hydrogen (secondary N) is 2. The summed E-state index contributed by atoms with van der Waals surface area (Å²) < 4.78 is 19.5. The van der Waals surface area contributed by atoms with Gasteiger partial charge in [-0.25, -0.2) is 4.39 Å². The van der Waals surface area contributed by atoms with Gasteiger partial charge in [-0.1, -0.05) is 18.9 Å². The van der Waals surface area contributed by atoms with Gasteiger partial charge in [0.1, 0.15) is 5.82 Å². The summed E-state index contributed by atoms with van der Waals surface area (Å²) >= 11 is 0. The van der Waals surface area contributed by atoms with E-state index < -0.39 is 0 Å². The summed E-state index contributed by atoms with van der Waals surface area (Å²) in [6, 6.07) is 6.46. The van der Waals surface area contributed by atoms with Crippen LogP contribution in [0.1, 0.15) is 50.2 Å². The molecular formula is C20H29FN4O. The Morgan fingerprint density at radius 1 is 1.35 bits per heavy atom. The first-order valence-corrected chi connectivity index (χ1v) is 9.33. The summed E-state index contributed by atoms with van der Waals surface area (Å²) in [6.07, 6.45) is 5.98. The Morgan fingerprint density at radius 2 is 2.12 bits per heavy atom. The van der Waals surface area contributed by atoms with Crippen LogP contribution in [0.5, 0.6) is 0 Å². The number of nitrogens with zero attached hydrogens (tertiary/aromatic N) is 2. The number of ether oxygens (including phenoxy) is 1. The van der Waals surface area contributed by atoms with Crippen LogP contribution in [0.15, 0.2) is 23.2 Å². The first-order chi connectivity index (χ1) is 12.6. The molecule has 6 heteroatoms. The molecule has 0 bridgehead atoms. The van der Waals surface area contributed by atoms with Gasteiger partial charge in [-0.15, -0.1) is 0 Å². The van der Waals surface area contributed by atoms with E-state index >= 15 is 0 Å². The number of aliphatic imine (C=N–C) groups is 1. The zero-order valence-electron chi connectivity index (χ0n) is 15.8. The van der Waals surface area contributed by atoms with E-state index in [9.17, 15) is 4.39 Å². The van der Waals surface area contributed by atoms with Crippen molar-refractivity contribution in [3.63, 3.8) is 0 Å². The Bertz CT molecular complexity index is 648. The molecule has 1 saturated carbocycles. The molecule has 1 aliphatic rings. The van der Waals surface area contributed by atoms with Gasteiger partial charge < -0.3 is 15.4 Å². The minimum atomic E-state index is -0.379. The fourth-order valence-corrected chi connectivity index (χ4v) is 3.50. The van der Waals surface area contributed by atoms with Crippen molar-refractivity contribution in [1.29, 1.82) is 5.26 Å². The topological polar surface area (TPSA) is 69.4 Å². The molecule has 2 rings (SSSR count). The Balaban J connectivity index is 1.87. The van der Waals surface area contributed by atoms with Gasteiger partial charge in [-0.3, -0.25) is 4.99 Å². The Kier molecular flexibility index (Phi) is 7.86. The summed E-state index contributed by atoms with van der Waals surface area (Å²) in [4.78, 5) is 4.24. The Morgan fingerprint density at radius 3 is 2.73 bits per heavy atom. The largest absolute Gasteiger partial charge is 0.382 e. The average Bonchev–Trinajstić information content (AvgIpc) is 3.12. The maximum Gasteiger partial charge on any atom is 0.191 e. The minimum Gasteiger partial charge on any atom is -0.382 e. The van der Waals surface area contributed by atoms with Crippen LogP contribution < -0.4 is 10.6 Å². The molecule has 0 aliphatic heterocycles. The number of nitriles is 1. The molecule has 0 unspecified atom stereocenters. The second kappa shape index (κ2) is 10.1. The highest BCUT2D eigenvalue weighted by molar-refractivity contribution is 5.79. The summed E-state index contributed by atoms with van der Waals surface area (Å²) in [5, 5.41) is 15.4. The average molecular weight is 360 g/mol. The van der Waals surface area contributed by atoms with Gasteiger partial charge in [0.2, 0.25) is 0 Å². The molecule has 0 radical (unpaired) electrons. The van der Waals surface area contributed by atoms with Gasteiger partial charge in [0.25, 0.3) is 0 Å². The van der Waals surface area contributed by atoms with E-state index in [2.05, 4.69) is 15.6 Å². The van der Waals surface area contributed by atoms with E-state index in [1.165, 1.54) is 31.7 Å².